The molecule has 140 valence electrons. The normalized spacial score (nSPS) is 10.9. The van der Waals surface area contributed by atoms with Crippen LogP contribution in [-0.2, 0) is 6.54 Å². The highest BCUT2D eigenvalue weighted by Gasteiger charge is 2.15. The van der Waals surface area contributed by atoms with Crippen LogP contribution in [0.15, 0.2) is 41.2 Å². The first kappa shape index (κ1) is 18.5. The number of anilines is 1. The van der Waals surface area contributed by atoms with E-state index >= 15 is 0 Å². The van der Waals surface area contributed by atoms with Crippen LogP contribution >= 0.6 is 0 Å². The Kier molecular flexibility index (Phi) is 5.44. The molecule has 0 unspecified atom stereocenters. The molecule has 0 atom stereocenters. The molecule has 2 aromatic heterocycles. The Morgan fingerprint density at radius 2 is 2.07 bits per heavy atom. The summed E-state index contributed by atoms with van der Waals surface area (Å²) in [4.78, 5) is 27.0. The molecule has 1 aromatic carbocycles. The second-order valence-electron chi connectivity index (χ2n) is 6.56. The Bertz CT molecular complexity index is 937. The molecule has 0 radical (unpaired) electrons. The average Bonchev–Trinajstić information content (AvgIpc) is 3.05. The second-order valence-corrected chi connectivity index (χ2v) is 6.56. The molecule has 3 aromatic rings. The van der Waals surface area contributed by atoms with Gasteiger partial charge >= 0.3 is 0 Å². The highest BCUT2D eigenvalue weighted by molar-refractivity contribution is 5.95. The Hall–Kier alpha value is -3.29. The number of carbonyl (C=O) groups excluding carboxylic acids is 1. The van der Waals surface area contributed by atoms with E-state index in [4.69, 9.17) is 4.52 Å². The summed E-state index contributed by atoms with van der Waals surface area (Å²) in [7, 11) is 1.70. The van der Waals surface area contributed by atoms with Crippen molar-refractivity contribution < 1.29 is 9.32 Å². The molecular formula is C19H22N6O2. The number of benzene rings is 1. The zero-order chi connectivity index (χ0) is 19.4. The minimum absolute atomic E-state index is 0.131. The zero-order valence-corrected chi connectivity index (χ0v) is 15.8. The molecule has 1 amide bonds. The lowest BCUT2D eigenvalue weighted by Crippen LogP contribution is -2.26. The van der Waals surface area contributed by atoms with Crippen molar-refractivity contribution in [3.8, 4) is 11.3 Å². The minimum atomic E-state index is -0.131. The van der Waals surface area contributed by atoms with E-state index in [1.807, 2.05) is 38.1 Å². The highest BCUT2D eigenvalue weighted by Crippen LogP contribution is 2.21. The minimum Gasteiger partial charge on any atom is -0.368 e. The van der Waals surface area contributed by atoms with Gasteiger partial charge in [0.25, 0.3) is 5.91 Å². The van der Waals surface area contributed by atoms with Crippen molar-refractivity contribution in [3.63, 3.8) is 0 Å². The maximum absolute atomic E-state index is 12.7. The van der Waals surface area contributed by atoms with E-state index in [0.29, 0.717) is 17.3 Å². The summed E-state index contributed by atoms with van der Waals surface area (Å²) in [6.45, 7) is 6.08. The average molecular weight is 366 g/mol. The number of aryl methyl sites for hydroxylation is 1. The van der Waals surface area contributed by atoms with Gasteiger partial charge in [0, 0.05) is 37.2 Å². The summed E-state index contributed by atoms with van der Waals surface area (Å²) in [5.74, 6) is 1.56. The van der Waals surface area contributed by atoms with Crippen LogP contribution in [0.1, 0.15) is 35.9 Å². The van der Waals surface area contributed by atoms with Gasteiger partial charge in [-0.05, 0) is 26.0 Å². The van der Waals surface area contributed by atoms with Gasteiger partial charge in [-0.3, -0.25) is 4.79 Å². The van der Waals surface area contributed by atoms with Gasteiger partial charge in [-0.2, -0.15) is 4.98 Å². The molecule has 0 aliphatic rings. The molecule has 1 N–H and O–H groups in total. The first-order chi connectivity index (χ1) is 12.9. The van der Waals surface area contributed by atoms with Crippen molar-refractivity contribution in [2.24, 2.45) is 0 Å². The van der Waals surface area contributed by atoms with Gasteiger partial charge in [0.15, 0.2) is 5.82 Å². The van der Waals surface area contributed by atoms with Crippen LogP contribution in [0.2, 0.25) is 0 Å². The molecule has 0 aliphatic carbocycles. The summed E-state index contributed by atoms with van der Waals surface area (Å²) in [6.07, 6.45) is 1.51. The largest absolute Gasteiger partial charge is 0.368 e. The number of nitrogens with zero attached hydrogens (tertiary/aromatic N) is 5. The van der Waals surface area contributed by atoms with Gasteiger partial charge in [-0.25, -0.2) is 9.97 Å². The van der Waals surface area contributed by atoms with Gasteiger partial charge in [0.1, 0.15) is 12.1 Å². The topological polar surface area (TPSA) is 97.0 Å². The van der Waals surface area contributed by atoms with Crippen LogP contribution in [0.5, 0.6) is 0 Å². The number of nitrogens with one attached hydrogen (secondary N) is 1. The molecule has 0 fully saturated rings. The van der Waals surface area contributed by atoms with E-state index in [9.17, 15) is 4.79 Å². The molecule has 8 heteroatoms. The Labute approximate surface area is 157 Å². The van der Waals surface area contributed by atoms with Crippen molar-refractivity contribution in [2.75, 3.05) is 12.4 Å². The van der Waals surface area contributed by atoms with E-state index in [0.717, 1.165) is 17.1 Å². The van der Waals surface area contributed by atoms with Crippen LogP contribution in [0, 0.1) is 6.92 Å². The molecule has 8 nitrogen and oxygen atoms in total. The fourth-order valence-corrected chi connectivity index (χ4v) is 2.61. The monoisotopic (exact) mass is 366 g/mol. The van der Waals surface area contributed by atoms with Crippen LogP contribution in [-0.4, -0.2) is 44.0 Å². The lowest BCUT2D eigenvalue weighted by molar-refractivity contribution is 0.0780. The molecule has 27 heavy (non-hydrogen) atoms. The van der Waals surface area contributed by atoms with Crippen molar-refractivity contribution in [1.82, 2.24) is 25.0 Å². The Morgan fingerprint density at radius 3 is 2.78 bits per heavy atom. The fourth-order valence-electron chi connectivity index (χ4n) is 2.61. The SMILES string of the molecule is Cc1nc(CN(C)C(=O)c2cccc(-c3cc(NC(C)C)ncn3)c2)no1. The summed E-state index contributed by atoms with van der Waals surface area (Å²) in [6, 6.07) is 9.49. The standard InChI is InChI=1S/C19H22N6O2/c1-12(2)22-17-9-16(20-11-21-17)14-6-5-7-15(8-14)19(26)25(4)10-18-23-13(3)27-24-18/h5-9,11-12H,10H2,1-4H3,(H,20,21,22). The molecule has 2 heterocycles. The third kappa shape index (κ3) is 4.66. The first-order valence-electron chi connectivity index (χ1n) is 8.66. The molecule has 0 aliphatic heterocycles. The van der Waals surface area contributed by atoms with Gasteiger partial charge < -0.3 is 14.7 Å². The summed E-state index contributed by atoms with van der Waals surface area (Å²) < 4.78 is 4.95. The predicted octanol–water partition coefficient (Wildman–Crippen LogP) is 2.93. The van der Waals surface area contributed by atoms with E-state index in [2.05, 4.69) is 25.4 Å². The molecular weight excluding hydrogens is 344 g/mol. The summed E-state index contributed by atoms with van der Waals surface area (Å²) in [5, 5.41) is 7.08. The smallest absolute Gasteiger partial charge is 0.254 e. The molecule has 0 saturated heterocycles. The lowest BCUT2D eigenvalue weighted by Gasteiger charge is -2.15. The van der Waals surface area contributed by atoms with Gasteiger partial charge in [-0.15, -0.1) is 0 Å². The number of amides is 1. The predicted molar refractivity (Wildman–Crippen MR) is 101 cm³/mol. The molecule has 0 spiro atoms. The molecule has 0 saturated carbocycles. The summed E-state index contributed by atoms with van der Waals surface area (Å²) in [5.41, 5.74) is 2.16. The molecule has 0 bridgehead atoms. The van der Waals surface area contributed by atoms with E-state index < -0.39 is 0 Å². The number of hydrogen-bond acceptors (Lipinski definition) is 7. The van der Waals surface area contributed by atoms with E-state index in [1.165, 1.54) is 6.33 Å². The Morgan fingerprint density at radius 1 is 1.26 bits per heavy atom. The van der Waals surface area contributed by atoms with Gasteiger partial charge in [0.05, 0.1) is 12.2 Å². The van der Waals surface area contributed by atoms with Crippen LogP contribution in [0.4, 0.5) is 5.82 Å². The zero-order valence-electron chi connectivity index (χ0n) is 15.8. The summed E-state index contributed by atoms with van der Waals surface area (Å²) >= 11 is 0. The maximum Gasteiger partial charge on any atom is 0.254 e. The molecule has 3 rings (SSSR count). The van der Waals surface area contributed by atoms with Crippen molar-refractivity contribution in [3.05, 3.63) is 53.9 Å². The van der Waals surface area contributed by atoms with Crippen LogP contribution in [0.3, 0.4) is 0 Å². The van der Waals surface area contributed by atoms with Crippen LogP contribution in [0.25, 0.3) is 11.3 Å². The quantitative estimate of drug-likeness (QED) is 0.716. The number of rotatable bonds is 6. The third-order valence-electron chi connectivity index (χ3n) is 3.80. The van der Waals surface area contributed by atoms with Gasteiger partial charge in [0.2, 0.25) is 5.89 Å². The second kappa shape index (κ2) is 7.94. The number of aromatic nitrogens is 4. The highest BCUT2D eigenvalue weighted by atomic mass is 16.5. The van der Waals surface area contributed by atoms with E-state index in [1.54, 1.807) is 24.9 Å². The maximum atomic E-state index is 12.7. The first-order valence-corrected chi connectivity index (χ1v) is 8.66. The Balaban J connectivity index is 1.79. The lowest BCUT2D eigenvalue weighted by atomic mass is 10.1. The third-order valence-corrected chi connectivity index (χ3v) is 3.80. The van der Waals surface area contributed by atoms with Crippen molar-refractivity contribution in [2.45, 2.75) is 33.4 Å². The van der Waals surface area contributed by atoms with Crippen molar-refractivity contribution in [1.29, 1.82) is 0 Å². The van der Waals surface area contributed by atoms with Crippen LogP contribution < -0.4 is 5.32 Å². The van der Waals surface area contributed by atoms with Gasteiger partial charge in [-0.1, -0.05) is 17.3 Å². The van der Waals surface area contributed by atoms with E-state index in [-0.39, 0.29) is 18.5 Å². The number of hydrogen-bond donors (Lipinski definition) is 1. The van der Waals surface area contributed by atoms with Crippen molar-refractivity contribution >= 4 is 11.7 Å². The number of carbonyl (C=O) groups is 1. The fraction of sp³-hybridized carbons (Fsp3) is 0.316.